The van der Waals surface area contributed by atoms with Gasteiger partial charge in [0, 0.05) is 88.1 Å². The number of fused-ring (bicyclic) bond motifs is 7. The van der Waals surface area contributed by atoms with Crippen LogP contribution >= 0.6 is 15.9 Å². The summed E-state index contributed by atoms with van der Waals surface area (Å²) in [6.07, 6.45) is 11.2. The molecule has 0 fully saturated rings. The molecule has 7 aromatic heterocycles. The highest BCUT2D eigenvalue weighted by Gasteiger charge is 2.20. The Balaban J connectivity index is 1.37. The Morgan fingerprint density at radius 2 is 1.62 bits per heavy atom. The standard InChI is InChI=1S/C29H20BrN9O/c1-31-25-16-10-35-27-14(6-8-33-27)22(16)18(12-34-25)29-38-20-4-3-5-21(24(20)40-29)39-9-7-15-23-17(11-37-28(15)39)26(32-2)36-13-19(23)30/h3-13H,1-2H3,(H,31,34)(H,32,36)(H,33,35). The maximum atomic E-state index is 6.53. The van der Waals surface area contributed by atoms with E-state index in [-0.39, 0.29) is 0 Å². The Kier molecular flexibility index (Phi) is 4.86. The van der Waals surface area contributed by atoms with Gasteiger partial charge in [0.2, 0.25) is 5.89 Å². The van der Waals surface area contributed by atoms with Crippen molar-refractivity contribution in [2.75, 3.05) is 24.7 Å². The normalized spacial score (nSPS) is 11.9. The van der Waals surface area contributed by atoms with Crippen molar-refractivity contribution in [1.29, 1.82) is 0 Å². The quantitative estimate of drug-likeness (QED) is 0.208. The molecule has 0 aliphatic heterocycles. The van der Waals surface area contributed by atoms with Gasteiger partial charge in [0.25, 0.3) is 0 Å². The summed E-state index contributed by atoms with van der Waals surface area (Å²) in [5.74, 6) is 2.00. The lowest BCUT2D eigenvalue weighted by Gasteiger charge is -2.09. The molecule has 10 nitrogen and oxygen atoms in total. The number of nitrogens with zero attached hydrogens (tertiary/aromatic N) is 6. The number of hydrogen-bond donors (Lipinski definition) is 3. The van der Waals surface area contributed by atoms with E-state index in [1.807, 2.05) is 73.9 Å². The third-order valence-corrected chi connectivity index (χ3v) is 7.91. The Morgan fingerprint density at radius 1 is 0.825 bits per heavy atom. The second-order valence-corrected chi connectivity index (χ2v) is 10.2. The molecule has 11 heteroatoms. The molecule has 0 saturated carbocycles. The first-order chi connectivity index (χ1) is 19.7. The summed E-state index contributed by atoms with van der Waals surface area (Å²) in [5.41, 5.74) is 4.63. The third kappa shape index (κ3) is 3.12. The number of halogens is 1. The van der Waals surface area contributed by atoms with Gasteiger partial charge in [0.1, 0.15) is 28.4 Å². The number of para-hydroxylation sites is 1. The second-order valence-electron chi connectivity index (χ2n) is 9.38. The Labute approximate surface area is 234 Å². The van der Waals surface area contributed by atoms with Gasteiger partial charge in [-0.05, 0) is 40.2 Å². The van der Waals surface area contributed by atoms with E-state index in [4.69, 9.17) is 14.4 Å². The maximum absolute atomic E-state index is 6.53. The first-order valence-electron chi connectivity index (χ1n) is 12.6. The summed E-state index contributed by atoms with van der Waals surface area (Å²) >= 11 is 3.69. The molecule has 194 valence electrons. The van der Waals surface area contributed by atoms with E-state index in [1.54, 1.807) is 6.20 Å². The van der Waals surface area contributed by atoms with Gasteiger partial charge in [-0.25, -0.2) is 24.9 Å². The van der Waals surface area contributed by atoms with Crippen LogP contribution in [0, 0.1) is 0 Å². The van der Waals surface area contributed by atoms with Crippen molar-refractivity contribution in [3.8, 4) is 17.1 Å². The average molecular weight is 590 g/mol. The molecular weight excluding hydrogens is 570 g/mol. The molecule has 40 heavy (non-hydrogen) atoms. The van der Waals surface area contributed by atoms with Crippen LogP contribution in [0.25, 0.3) is 71.9 Å². The van der Waals surface area contributed by atoms with Crippen LogP contribution in [0.3, 0.4) is 0 Å². The van der Waals surface area contributed by atoms with Crippen LogP contribution in [0.15, 0.2) is 76.4 Å². The molecule has 3 N–H and O–H groups in total. The lowest BCUT2D eigenvalue weighted by molar-refractivity contribution is 0.618. The van der Waals surface area contributed by atoms with E-state index in [0.29, 0.717) is 11.5 Å². The lowest BCUT2D eigenvalue weighted by atomic mass is 10.1. The number of aromatic amines is 1. The van der Waals surface area contributed by atoms with Gasteiger partial charge in [0.05, 0.1) is 11.3 Å². The molecule has 8 rings (SSSR count). The summed E-state index contributed by atoms with van der Waals surface area (Å²) in [4.78, 5) is 26.6. The predicted octanol–water partition coefficient (Wildman–Crippen LogP) is 6.65. The van der Waals surface area contributed by atoms with Gasteiger partial charge in [-0.1, -0.05) is 6.07 Å². The fourth-order valence-electron chi connectivity index (χ4n) is 5.51. The average Bonchev–Trinajstić information content (AvgIpc) is 3.74. The van der Waals surface area contributed by atoms with E-state index in [9.17, 15) is 0 Å². The molecule has 0 bridgehead atoms. The smallest absolute Gasteiger partial charge is 0.229 e. The van der Waals surface area contributed by atoms with Gasteiger partial charge in [0.15, 0.2) is 5.58 Å². The van der Waals surface area contributed by atoms with Gasteiger partial charge < -0.3 is 20.0 Å². The zero-order chi connectivity index (χ0) is 27.0. The number of aromatic nitrogens is 7. The number of pyridine rings is 4. The molecule has 0 radical (unpaired) electrons. The number of H-pyrrole nitrogens is 1. The Bertz CT molecular complexity index is 2280. The fourth-order valence-corrected chi connectivity index (χ4v) is 6.04. The van der Waals surface area contributed by atoms with Gasteiger partial charge in [-0.2, -0.15) is 0 Å². The SMILES string of the molecule is CNc1ncc(-c2nc3cccc(-n4ccc5c6c(Br)cnc(NC)c6cnc54)c3o2)c2c1cnc1[nH]ccc12. The molecule has 7 heterocycles. The van der Waals surface area contributed by atoms with E-state index in [0.717, 1.165) is 76.5 Å². The highest BCUT2D eigenvalue weighted by Crippen LogP contribution is 2.39. The number of hydrogen-bond acceptors (Lipinski definition) is 8. The lowest BCUT2D eigenvalue weighted by Crippen LogP contribution is -1.97. The maximum Gasteiger partial charge on any atom is 0.229 e. The predicted molar refractivity (Wildman–Crippen MR) is 161 cm³/mol. The topological polar surface area (TPSA) is 122 Å². The van der Waals surface area contributed by atoms with Crippen molar-refractivity contribution in [2.24, 2.45) is 0 Å². The Hall–Kier alpha value is -5.03. The molecular formula is C29H20BrN9O. The highest BCUT2D eigenvalue weighted by atomic mass is 79.9. The zero-order valence-electron chi connectivity index (χ0n) is 21.3. The number of rotatable bonds is 4. The van der Waals surface area contributed by atoms with E-state index in [2.05, 4.69) is 52.6 Å². The Morgan fingerprint density at radius 3 is 2.48 bits per heavy atom. The van der Waals surface area contributed by atoms with E-state index < -0.39 is 0 Å². The highest BCUT2D eigenvalue weighted by molar-refractivity contribution is 9.10. The van der Waals surface area contributed by atoms with Crippen LogP contribution in [0.5, 0.6) is 0 Å². The van der Waals surface area contributed by atoms with Crippen LogP contribution in [0.4, 0.5) is 11.6 Å². The summed E-state index contributed by atoms with van der Waals surface area (Å²) < 4.78 is 9.47. The summed E-state index contributed by atoms with van der Waals surface area (Å²) in [5, 5.41) is 12.1. The number of anilines is 2. The van der Waals surface area contributed by atoms with Crippen LogP contribution in [0.1, 0.15) is 0 Å². The van der Waals surface area contributed by atoms with Crippen molar-refractivity contribution in [3.63, 3.8) is 0 Å². The van der Waals surface area contributed by atoms with Crippen molar-refractivity contribution >= 4 is 82.3 Å². The molecule has 0 saturated heterocycles. The van der Waals surface area contributed by atoms with Crippen molar-refractivity contribution < 1.29 is 4.42 Å². The molecule has 0 amide bonds. The summed E-state index contributed by atoms with van der Waals surface area (Å²) in [6.45, 7) is 0. The molecule has 0 unspecified atom stereocenters. The fraction of sp³-hybridized carbons (Fsp3) is 0.0690. The van der Waals surface area contributed by atoms with Crippen LogP contribution < -0.4 is 10.6 Å². The monoisotopic (exact) mass is 589 g/mol. The minimum Gasteiger partial charge on any atom is -0.434 e. The minimum atomic E-state index is 0.485. The van der Waals surface area contributed by atoms with Crippen LogP contribution in [-0.4, -0.2) is 48.6 Å². The van der Waals surface area contributed by atoms with Gasteiger partial charge in [-0.15, -0.1) is 0 Å². The minimum absolute atomic E-state index is 0.485. The molecule has 1 aromatic carbocycles. The van der Waals surface area contributed by atoms with Crippen LogP contribution in [0.2, 0.25) is 0 Å². The van der Waals surface area contributed by atoms with E-state index >= 15 is 0 Å². The molecule has 0 atom stereocenters. The van der Waals surface area contributed by atoms with Crippen molar-refractivity contribution in [2.45, 2.75) is 0 Å². The first kappa shape index (κ1) is 22.9. The number of nitrogens with one attached hydrogen (secondary N) is 3. The zero-order valence-corrected chi connectivity index (χ0v) is 22.9. The molecule has 8 aromatic rings. The number of benzene rings is 1. The molecule has 0 aliphatic carbocycles. The first-order valence-corrected chi connectivity index (χ1v) is 13.4. The second kappa shape index (κ2) is 8.48. The molecule has 0 aliphatic rings. The summed E-state index contributed by atoms with van der Waals surface area (Å²) in [7, 11) is 3.71. The number of oxazole rings is 1. The summed E-state index contributed by atoms with van der Waals surface area (Å²) in [6, 6.07) is 10.0. The van der Waals surface area contributed by atoms with Gasteiger partial charge in [-0.3, -0.25) is 4.57 Å². The molecule has 0 spiro atoms. The van der Waals surface area contributed by atoms with Crippen molar-refractivity contribution in [1.82, 2.24) is 34.5 Å². The largest absolute Gasteiger partial charge is 0.434 e. The van der Waals surface area contributed by atoms with Gasteiger partial charge >= 0.3 is 0 Å². The van der Waals surface area contributed by atoms with Crippen molar-refractivity contribution in [3.05, 3.63) is 72.0 Å². The third-order valence-electron chi connectivity index (χ3n) is 7.31. The van der Waals surface area contributed by atoms with E-state index in [1.165, 1.54) is 0 Å². The van der Waals surface area contributed by atoms with Crippen LogP contribution in [-0.2, 0) is 0 Å².